The lowest BCUT2D eigenvalue weighted by Gasteiger charge is -2.22. The zero-order chi connectivity index (χ0) is 17.6. The Morgan fingerprint density at radius 3 is 2.75 bits per heavy atom. The van der Waals surface area contributed by atoms with Crippen molar-refractivity contribution in [3.8, 4) is 0 Å². The summed E-state index contributed by atoms with van der Waals surface area (Å²) < 4.78 is 1.69. The molecule has 0 bridgehead atoms. The minimum absolute atomic E-state index is 0.286. The second kappa shape index (κ2) is 8.48. The molecule has 1 unspecified atom stereocenters. The molecule has 0 amide bonds. The molecule has 1 aromatic rings. The summed E-state index contributed by atoms with van der Waals surface area (Å²) in [7, 11) is 1.84. The Kier molecular flexibility index (Phi) is 6.62. The van der Waals surface area contributed by atoms with Crippen molar-refractivity contribution in [1.82, 2.24) is 25.3 Å². The minimum Gasteiger partial charge on any atom is -0.383 e. The predicted molar refractivity (Wildman–Crippen MR) is 97.0 cm³/mol. The van der Waals surface area contributed by atoms with Gasteiger partial charge in [-0.25, -0.2) is 4.99 Å². The largest absolute Gasteiger partial charge is 0.383 e. The molecular formula is C17H32N6O. The van der Waals surface area contributed by atoms with Crippen LogP contribution in [-0.4, -0.2) is 64.5 Å². The molecule has 1 heterocycles. The number of rotatable bonds is 9. The van der Waals surface area contributed by atoms with Crippen molar-refractivity contribution in [2.24, 2.45) is 12.0 Å². The highest BCUT2D eigenvalue weighted by Crippen LogP contribution is 2.25. The van der Waals surface area contributed by atoms with Gasteiger partial charge in [0, 0.05) is 44.5 Å². The molecule has 0 radical (unpaired) electrons. The molecule has 0 saturated heterocycles. The van der Waals surface area contributed by atoms with Gasteiger partial charge in [-0.3, -0.25) is 9.58 Å². The van der Waals surface area contributed by atoms with Crippen LogP contribution in [0.1, 0.15) is 39.2 Å². The fourth-order valence-corrected chi connectivity index (χ4v) is 2.72. The Labute approximate surface area is 145 Å². The number of likely N-dealkylation sites (N-methyl/N-ethyl adjacent to an activating group) is 1. The van der Waals surface area contributed by atoms with Gasteiger partial charge in [-0.2, -0.15) is 5.10 Å². The summed E-state index contributed by atoms with van der Waals surface area (Å²) in [4.78, 5) is 7.05. The molecule has 1 fully saturated rings. The van der Waals surface area contributed by atoms with Crippen LogP contribution in [0.5, 0.6) is 0 Å². The molecule has 1 atom stereocenters. The Bertz CT molecular complexity index is 535. The van der Waals surface area contributed by atoms with Crippen molar-refractivity contribution >= 4 is 5.96 Å². The van der Waals surface area contributed by atoms with Gasteiger partial charge in [-0.05, 0) is 33.2 Å². The van der Waals surface area contributed by atoms with Crippen molar-refractivity contribution in [2.45, 2.75) is 45.3 Å². The SMILES string of the molecule is CCNC(=NCC(C)(O)c1cnn(C)c1)NCCN(CC)C1CC1. The molecule has 2 rings (SSSR count). The third-order valence-corrected chi connectivity index (χ3v) is 4.38. The lowest BCUT2D eigenvalue weighted by molar-refractivity contribution is 0.0672. The van der Waals surface area contributed by atoms with Gasteiger partial charge < -0.3 is 15.7 Å². The average Bonchev–Trinajstić information content (AvgIpc) is 3.29. The van der Waals surface area contributed by atoms with Crippen LogP contribution in [0.15, 0.2) is 17.4 Å². The van der Waals surface area contributed by atoms with E-state index in [0.717, 1.165) is 43.7 Å². The number of aromatic nitrogens is 2. The summed E-state index contributed by atoms with van der Waals surface area (Å²) in [6, 6.07) is 0.780. The van der Waals surface area contributed by atoms with E-state index in [4.69, 9.17) is 0 Å². The third kappa shape index (κ3) is 5.49. The molecule has 7 heteroatoms. The zero-order valence-corrected chi connectivity index (χ0v) is 15.4. The van der Waals surface area contributed by atoms with Crippen molar-refractivity contribution in [1.29, 1.82) is 0 Å². The number of nitrogens with one attached hydrogen (secondary N) is 2. The Morgan fingerprint density at radius 1 is 1.46 bits per heavy atom. The molecule has 0 aliphatic heterocycles. The van der Waals surface area contributed by atoms with E-state index in [-0.39, 0.29) is 6.54 Å². The van der Waals surface area contributed by atoms with E-state index >= 15 is 0 Å². The van der Waals surface area contributed by atoms with Gasteiger partial charge in [0.1, 0.15) is 5.60 Å². The average molecular weight is 336 g/mol. The number of hydrogen-bond acceptors (Lipinski definition) is 4. The fourth-order valence-electron chi connectivity index (χ4n) is 2.72. The fraction of sp³-hybridized carbons (Fsp3) is 0.765. The maximum Gasteiger partial charge on any atom is 0.191 e. The van der Waals surface area contributed by atoms with Gasteiger partial charge in [0.2, 0.25) is 0 Å². The van der Waals surface area contributed by atoms with Crippen LogP contribution >= 0.6 is 0 Å². The highest BCUT2D eigenvalue weighted by Gasteiger charge is 2.27. The maximum absolute atomic E-state index is 10.6. The van der Waals surface area contributed by atoms with Gasteiger partial charge in [-0.1, -0.05) is 6.92 Å². The van der Waals surface area contributed by atoms with Crippen LogP contribution in [0.3, 0.4) is 0 Å². The first-order chi connectivity index (χ1) is 11.5. The summed E-state index contributed by atoms with van der Waals surface area (Å²) in [6.45, 7) is 10.1. The van der Waals surface area contributed by atoms with Crippen LogP contribution in [-0.2, 0) is 12.6 Å². The number of nitrogens with zero attached hydrogens (tertiary/aromatic N) is 4. The van der Waals surface area contributed by atoms with Crippen molar-refractivity contribution in [3.05, 3.63) is 18.0 Å². The molecule has 1 saturated carbocycles. The van der Waals surface area contributed by atoms with Gasteiger partial charge in [0.15, 0.2) is 5.96 Å². The van der Waals surface area contributed by atoms with Crippen molar-refractivity contribution in [2.75, 3.05) is 32.7 Å². The summed E-state index contributed by atoms with van der Waals surface area (Å²) in [5.41, 5.74) is -0.254. The monoisotopic (exact) mass is 336 g/mol. The highest BCUT2D eigenvalue weighted by atomic mass is 16.3. The second-order valence-electron chi connectivity index (χ2n) is 6.66. The van der Waals surface area contributed by atoms with Gasteiger partial charge in [0.25, 0.3) is 0 Å². The summed E-state index contributed by atoms with van der Waals surface area (Å²) >= 11 is 0. The lowest BCUT2D eigenvalue weighted by Crippen LogP contribution is -2.42. The van der Waals surface area contributed by atoms with E-state index in [0.29, 0.717) is 0 Å². The van der Waals surface area contributed by atoms with Gasteiger partial charge >= 0.3 is 0 Å². The molecule has 0 aromatic carbocycles. The number of aliphatic hydroxyl groups is 1. The van der Waals surface area contributed by atoms with Crippen LogP contribution in [0.4, 0.5) is 0 Å². The van der Waals surface area contributed by atoms with Gasteiger partial charge in [0.05, 0.1) is 12.7 Å². The zero-order valence-electron chi connectivity index (χ0n) is 15.4. The van der Waals surface area contributed by atoms with Crippen LogP contribution in [0, 0.1) is 0 Å². The third-order valence-electron chi connectivity index (χ3n) is 4.38. The summed E-state index contributed by atoms with van der Waals surface area (Å²) in [6.07, 6.45) is 6.17. The number of aryl methyl sites for hydroxylation is 1. The second-order valence-corrected chi connectivity index (χ2v) is 6.66. The quantitative estimate of drug-likeness (QED) is 0.456. The molecule has 7 nitrogen and oxygen atoms in total. The Hall–Kier alpha value is -1.60. The Balaban J connectivity index is 1.87. The van der Waals surface area contributed by atoms with Crippen molar-refractivity contribution in [3.63, 3.8) is 0 Å². The van der Waals surface area contributed by atoms with E-state index in [1.165, 1.54) is 12.8 Å². The van der Waals surface area contributed by atoms with E-state index in [1.54, 1.807) is 17.8 Å². The van der Waals surface area contributed by atoms with Crippen LogP contribution in [0.2, 0.25) is 0 Å². The molecule has 1 aromatic heterocycles. The van der Waals surface area contributed by atoms with E-state index < -0.39 is 5.60 Å². The highest BCUT2D eigenvalue weighted by molar-refractivity contribution is 5.79. The first kappa shape index (κ1) is 18.7. The Morgan fingerprint density at radius 2 is 2.21 bits per heavy atom. The van der Waals surface area contributed by atoms with E-state index in [9.17, 15) is 5.11 Å². The maximum atomic E-state index is 10.6. The standard InChI is InChI=1S/C17H32N6O/c1-5-18-16(19-9-10-23(6-2)15-7-8-15)20-13-17(3,24)14-11-21-22(4)12-14/h11-12,15,24H,5-10,13H2,1-4H3,(H2,18,19,20). The molecule has 1 aliphatic carbocycles. The van der Waals surface area contributed by atoms with Crippen molar-refractivity contribution < 1.29 is 5.11 Å². The first-order valence-corrected chi connectivity index (χ1v) is 8.94. The normalized spacial score (nSPS) is 17.8. The molecule has 3 N–H and O–H groups in total. The van der Waals surface area contributed by atoms with Gasteiger partial charge in [-0.15, -0.1) is 0 Å². The molecular weight excluding hydrogens is 304 g/mol. The number of aliphatic imine (C=N–C) groups is 1. The first-order valence-electron chi connectivity index (χ1n) is 8.94. The predicted octanol–water partition coefficient (Wildman–Crippen LogP) is 0.667. The van der Waals surface area contributed by atoms with E-state index in [1.807, 2.05) is 20.2 Å². The topological polar surface area (TPSA) is 77.7 Å². The van der Waals surface area contributed by atoms with Crippen LogP contribution in [0.25, 0.3) is 0 Å². The summed E-state index contributed by atoms with van der Waals surface area (Å²) in [5, 5.41) is 21.3. The number of guanidine groups is 1. The summed E-state index contributed by atoms with van der Waals surface area (Å²) in [5.74, 6) is 0.744. The minimum atomic E-state index is -1.03. The molecule has 136 valence electrons. The number of hydrogen-bond donors (Lipinski definition) is 3. The van der Waals surface area contributed by atoms with E-state index in [2.05, 4.69) is 32.5 Å². The lowest BCUT2D eigenvalue weighted by atomic mass is 10.0. The molecule has 1 aliphatic rings. The molecule has 24 heavy (non-hydrogen) atoms. The molecule has 0 spiro atoms. The van der Waals surface area contributed by atoms with Crippen LogP contribution < -0.4 is 10.6 Å². The smallest absolute Gasteiger partial charge is 0.191 e.